The average molecular weight is 735 g/mol. The summed E-state index contributed by atoms with van der Waals surface area (Å²) in [6, 6.07) is 17.0. The van der Waals surface area contributed by atoms with Crippen LogP contribution in [0.25, 0.3) is 0 Å². The molecule has 1 saturated heterocycles. The Morgan fingerprint density at radius 3 is 2.16 bits per heavy atom. The van der Waals surface area contributed by atoms with Gasteiger partial charge in [0.1, 0.15) is 19.3 Å². The quantitative estimate of drug-likeness (QED) is 0.111. The minimum absolute atomic E-state index is 0.00607. The molecular weight excluding hydrogens is 689 g/mol. The van der Waals surface area contributed by atoms with Crippen molar-refractivity contribution < 1.29 is 29.0 Å². The Bertz CT molecular complexity index is 1650. The van der Waals surface area contributed by atoms with Gasteiger partial charge in [0.15, 0.2) is 5.13 Å². The lowest BCUT2D eigenvalue weighted by atomic mass is 9.93. The number of aliphatic hydroxyl groups is 1. The Morgan fingerprint density at radius 1 is 0.863 bits per heavy atom. The molecule has 2 aromatic heterocycles. The SMILES string of the molecule is CC(C)[C@H](NC(=O)OCc1csc(N2CCCC2)n1)C(=O)N[C@@H](Cc1ccccc1)C[C@H](O)[C@H](Cc1ccccc1)NC(=O)OCc1cncs1. The van der Waals surface area contributed by atoms with E-state index in [2.05, 4.69) is 30.8 Å². The van der Waals surface area contributed by atoms with Gasteiger partial charge in [0.25, 0.3) is 0 Å². The normalized spacial score (nSPS) is 15.1. The largest absolute Gasteiger partial charge is 0.444 e. The number of nitrogens with one attached hydrogen (secondary N) is 3. The summed E-state index contributed by atoms with van der Waals surface area (Å²) in [5.41, 5.74) is 4.19. The molecule has 14 heteroatoms. The van der Waals surface area contributed by atoms with Crippen molar-refractivity contribution in [2.24, 2.45) is 5.92 Å². The number of ether oxygens (including phenoxy) is 2. The lowest BCUT2D eigenvalue weighted by Gasteiger charge is -2.30. The molecule has 51 heavy (non-hydrogen) atoms. The number of anilines is 1. The fourth-order valence-electron chi connectivity index (χ4n) is 5.89. The van der Waals surface area contributed by atoms with Crippen LogP contribution in [0.3, 0.4) is 0 Å². The Labute approximate surface area is 306 Å². The number of amides is 3. The molecule has 3 amide bonds. The summed E-state index contributed by atoms with van der Waals surface area (Å²) in [5, 5.41) is 23.1. The van der Waals surface area contributed by atoms with E-state index in [9.17, 15) is 19.5 Å². The maximum Gasteiger partial charge on any atom is 0.408 e. The molecule has 1 aliphatic rings. The molecule has 0 unspecified atom stereocenters. The predicted octanol–water partition coefficient (Wildman–Crippen LogP) is 5.47. The number of nitrogens with zero attached hydrogens (tertiary/aromatic N) is 3. The number of carbonyl (C=O) groups is 3. The van der Waals surface area contributed by atoms with E-state index in [0.717, 1.165) is 47.1 Å². The number of benzene rings is 2. The average Bonchev–Trinajstić information content (AvgIpc) is 3.93. The first-order valence-corrected chi connectivity index (χ1v) is 19.0. The molecule has 4 aromatic rings. The van der Waals surface area contributed by atoms with E-state index in [-0.39, 0.29) is 25.6 Å². The number of hydrogen-bond acceptors (Lipinski definition) is 11. The zero-order valence-corrected chi connectivity index (χ0v) is 30.5. The Balaban J connectivity index is 1.23. The molecule has 2 aromatic carbocycles. The Kier molecular flexibility index (Phi) is 14.2. The minimum Gasteiger partial charge on any atom is -0.444 e. The smallest absolute Gasteiger partial charge is 0.408 e. The van der Waals surface area contributed by atoms with Crippen molar-refractivity contribution in [2.45, 2.75) is 83.4 Å². The number of thiazole rings is 2. The van der Waals surface area contributed by atoms with Crippen LogP contribution in [0.4, 0.5) is 14.7 Å². The molecule has 5 rings (SSSR count). The molecule has 1 aliphatic heterocycles. The van der Waals surface area contributed by atoms with Crippen molar-refractivity contribution in [3.05, 3.63) is 99.4 Å². The first-order chi connectivity index (χ1) is 24.7. The third-order valence-electron chi connectivity index (χ3n) is 8.58. The van der Waals surface area contributed by atoms with E-state index in [1.165, 1.54) is 22.7 Å². The summed E-state index contributed by atoms with van der Waals surface area (Å²) in [7, 11) is 0. The maximum absolute atomic E-state index is 13.8. The molecule has 1 fully saturated rings. The third-order valence-corrected chi connectivity index (χ3v) is 10.3. The number of alkyl carbamates (subject to hydrolysis) is 2. The molecule has 272 valence electrons. The standard InChI is InChI=1S/C37H46N6O6S2/c1-25(2)33(42-37(47)48-21-29-23-50-35(40-29)43-15-9-10-16-43)34(45)39-28(17-26-11-5-3-6-12-26)19-32(44)31(18-27-13-7-4-8-14-27)41-36(46)49-22-30-20-38-24-51-30/h3-8,11-14,20,23-25,28,31-33,44H,9-10,15-19,21-22H2,1-2H3,(H,39,45)(H,41,46)(H,42,47)/t28-,31-,32-,33-/m0/s1. The second kappa shape index (κ2) is 19.2. The van der Waals surface area contributed by atoms with Crippen molar-refractivity contribution in [1.82, 2.24) is 25.9 Å². The van der Waals surface area contributed by atoms with E-state index < -0.39 is 42.3 Å². The maximum atomic E-state index is 13.8. The van der Waals surface area contributed by atoms with Gasteiger partial charge >= 0.3 is 12.2 Å². The topological polar surface area (TPSA) is 155 Å². The molecule has 3 heterocycles. The summed E-state index contributed by atoms with van der Waals surface area (Å²) in [6.07, 6.45) is 2.34. The van der Waals surface area contributed by atoms with Gasteiger partial charge in [0.2, 0.25) is 5.91 Å². The molecule has 0 spiro atoms. The van der Waals surface area contributed by atoms with Crippen LogP contribution in [0.15, 0.2) is 77.8 Å². The van der Waals surface area contributed by atoms with Crippen molar-refractivity contribution in [2.75, 3.05) is 18.0 Å². The second-order valence-electron chi connectivity index (χ2n) is 12.9. The van der Waals surface area contributed by atoms with Crippen molar-refractivity contribution >= 4 is 45.9 Å². The number of carbonyl (C=O) groups excluding carboxylic acids is 3. The third kappa shape index (κ3) is 12.0. The van der Waals surface area contributed by atoms with Crippen LogP contribution in [-0.4, -0.2) is 70.5 Å². The highest BCUT2D eigenvalue weighted by Crippen LogP contribution is 2.24. The van der Waals surface area contributed by atoms with Crippen LogP contribution in [0.5, 0.6) is 0 Å². The number of rotatable bonds is 17. The van der Waals surface area contributed by atoms with Gasteiger partial charge in [-0.25, -0.2) is 14.6 Å². The van der Waals surface area contributed by atoms with Crippen LogP contribution >= 0.6 is 22.7 Å². The number of aliphatic hydroxyl groups excluding tert-OH is 1. The highest BCUT2D eigenvalue weighted by molar-refractivity contribution is 7.13. The summed E-state index contributed by atoms with van der Waals surface area (Å²) >= 11 is 2.91. The van der Waals surface area contributed by atoms with Crippen LogP contribution < -0.4 is 20.9 Å². The summed E-state index contributed by atoms with van der Waals surface area (Å²) < 4.78 is 10.9. The molecular formula is C37H46N6O6S2. The van der Waals surface area contributed by atoms with E-state index in [1.807, 2.05) is 79.9 Å². The fraction of sp³-hybridized carbons (Fsp3) is 0.432. The minimum atomic E-state index is -1.06. The highest BCUT2D eigenvalue weighted by Gasteiger charge is 2.30. The van der Waals surface area contributed by atoms with Gasteiger partial charge in [0, 0.05) is 30.7 Å². The van der Waals surface area contributed by atoms with Gasteiger partial charge in [0.05, 0.1) is 28.2 Å². The number of hydrogen-bond donors (Lipinski definition) is 4. The van der Waals surface area contributed by atoms with Crippen molar-refractivity contribution in [3.63, 3.8) is 0 Å². The van der Waals surface area contributed by atoms with E-state index >= 15 is 0 Å². The first-order valence-electron chi connectivity index (χ1n) is 17.2. The molecule has 4 atom stereocenters. The van der Waals surface area contributed by atoms with Crippen LogP contribution in [0.2, 0.25) is 0 Å². The van der Waals surface area contributed by atoms with Gasteiger partial charge in [-0.3, -0.25) is 9.78 Å². The fourth-order valence-corrected chi connectivity index (χ4v) is 7.26. The molecule has 0 bridgehead atoms. The van der Waals surface area contributed by atoms with E-state index in [1.54, 1.807) is 11.7 Å². The van der Waals surface area contributed by atoms with Crippen LogP contribution in [0, 0.1) is 5.92 Å². The second-order valence-corrected chi connectivity index (χ2v) is 14.7. The lowest BCUT2D eigenvalue weighted by molar-refractivity contribution is -0.125. The van der Waals surface area contributed by atoms with E-state index in [4.69, 9.17) is 9.47 Å². The first kappa shape index (κ1) is 37.7. The molecule has 4 N–H and O–H groups in total. The zero-order chi connectivity index (χ0) is 36.0. The molecule has 0 saturated carbocycles. The molecule has 0 radical (unpaired) electrons. The van der Waals surface area contributed by atoms with Gasteiger partial charge in [-0.1, -0.05) is 74.5 Å². The molecule has 12 nitrogen and oxygen atoms in total. The van der Waals surface area contributed by atoms with Gasteiger partial charge in [-0.05, 0) is 49.1 Å². The highest BCUT2D eigenvalue weighted by atomic mass is 32.1. The summed E-state index contributed by atoms with van der Waals surface area (Å²) in [5.74, 6) is -0.668. The number of aromatic nitrogens is 2. The summed E-state index contributed by atoms with van der Waals surface area (Å²) in [4.78, 5) is 51.2. The van der Waals surface area contributed by atoms with Crippen molar-refractivity contribution in [1.29, 1.82) is 0 Å². The lowest BCUT2D eigenvalue weighted by Crippen LogP contribution is -2.54. The Morgan fingerprint density at radius 2 is 1.51 bits per heavy atom. The summed E-state index contributed by atoms with van der Waals surface area (Å²) in [6.45, 7) is 5.69. The Hall–Kier alpha value is -4.53. The predicted molar refractivity (Wildman–Crippen MR) is 198 cm³/mol. The van der Waals surface area contributed by atoms with Crippen molar-refractivity contribution in [3.8, 4) is 0 Å². The van der Waals surface area contributed by atoms with Crippen LogP contribution in [0.1, 0.15) is 54.8 Å². The van der Waals surface area contributed by atoms with Gasteiger partial charge in [-0.2, -0.15) is 0 Å². The van der Waals surface area contributed by atoms with Gasteiger partial charge < -0.3 is 35.4 Å². The van der Waals surface area contributed by atoms with Gasteiger partial charge in [-0.15, -0.1) is 22.7 Å². The van der Waals surface area contributed by atoms with E-state index in [0.29, 0.717) is 18.5 Å². The monoisotopic (exact) mass is 734 g/mol. The zero-order valence-electron chi connectivity index (χ0n) is 28.9. The van der Waals surface area contributed by atoms with Crippen LogP contribution in [-0.2, 0) is 40.3 Å². The molecule has 0 aliphatic carbocycles.